The van der Waals surface area contributed by atoms with Gasteiger partial charge in [-0.15, -0.1) is 17.6 Å². The van der Waals surface area contributed by atoms with Crippen molar-refractivity contribution in [3.8, 4) is 0 Å². The zero-order valence-electron chi connectivity index (χ0n) is 22.2. The Bertz CT molecular complexity index is 1130. The van der Waals surface area contributed by atoms with E-state index in [1.54, 1.807) is 30.3 Å². The molecule has 0 heterocycles. The van der Waals surface area contributed by atoms with Crippen LogP contribution in [0.15, 0.2) is 58.8 Å². The van der Waals surface area contributed by atoms with E-state index in [-0.39, 0.29) is 11.8 Å². The quantitative estimate of drug-likeness (QED) is 0.129. The van der Waals surface area contributed by atoms with E-state index < -0.39 is 58.7 Å². The van der Waals surface area contributed by atoms with Gasteiger partial charge in [-0.3, -0.25) is 13.8 Å². The zero-order chi connectivity index (χ0) is 32.4. The van der Waals surface area contributed by atoms with Gasteiger partial charge in [0.05, 0.1) is 29.8 Å². The minimum atomic E-state index is -5.50. The van der Waals surface area contributed by atoms with Crippen molar-refractivity contribution in [3.05, 3.63) is 48.5 Å². The zero-order valence-corrected chi connectivity index (χ0v) is 23.1. The highest BCUT2D eigenvalue weighted by atomic mass is 31.2. The number of alkyl halides is 9. The van der Waals surface area contributed by atoms with Crippen molar-refractivity contribution in [2.24, 2.45) is 10.2 Å². The summed E-state index contributed by atoms with van der Waals surface area (Å²) in [6, 6.07) is 12.6. The van der Waals surface area contributed by atoms with E-state index in [9.17, 15) is 58.7 Å². The second kappa shape index (κ2) is 19.1. The number of nitrogens with one attached hydrogen (secondary N) is 1. The first-order valence-corrected chi connectivity index (χ1v) is 13.6. The molecule has 42 heavy (non-hydrogen) atoms. The highest BCUT2D eigenvalue weighted by Gasteiger charge is 2.31. The molecular formula is C24H30F9N4O4P. The number of azo groups is 1. The molecule has 238 valence electrons. The summed E-state index contributed by atoms with van der Waals surface area (Å²) >= 11 is 0. The maximum absolute atomic E-state index is 13.3. The number of nitrogens with zero attached hydrogens (tertiary/aromatic N) is 3. The maximum Gasteiger partial charge on any atom is 0.559 e. The number of likely N-dealkylation sites (N-methyl/N-ethyl adjacent to an activating group) is 1. The molecule has 2 aromatic carbocycles. The fourth-order valence-electron chi connectivity index (χ4n) is 2.91. The van der Waals surface area contributed by atoms with Crippen LogP contribution < -0.4 is 15.5 Å². The van der Waals surface area contributed by atoms with Crippen molar-refractivity contribution in [3.63, 3.8) is 0 Å². The van der Waals surface area contributed by atoms with E-state index in [1.165, 1.54) is 18.2 Å². The Hall–Kier alpha value is -3.17. The van der Waals surface area contributed by atoms with Crippen molar-refractivity contribution in [1.29, 1.82) is 0 Å². The highest BCUT2D eigenvalue weighted by molar-refractivity contribution is 7.60. The van der Waals surface area contributed by atoms with Gasteiger partial charge in [0, 0.05) is 31.7 Å². The molecule has 0 atom stereocenters. The van der Waals surface area contributed by atoms with Crippen molar-refractivity contribution in [2.75, 3.05) is 44.6 Å². The number of anilines is 1. The summed E-state index contributed by atoms with van der Waals surface area (Å²) in [5, 5.41) is 10.3. The number of benzene rings is 2. The smallest absolute Gasteiger partial charge is 0.370 e. The van der Waals surface area contributed by atoms with Gasteiger partial charge in [0.15, 0.2) is 0 Å². The molecule has 0 aromatic heterocycles. The molecule has 18 heteroatoms. The van der Waals surface area contributed by atoms with Crippen LogP contribution in [-0.4, -0.2) is 67.7 Å². The van der Waals surface area contributed by atoms with E-state index in [1.807, 2.05) is 11.8 Å². The van der Waals surface area contributed by atoms with Gasteiger partial charge in [-0.2, -0.15) is 10.2 Å². The Balaban J connectivity index is 0.00000163. The molecule has 0 aliphatic carbocycles. The standard InChI is InChI=1S/C21H26F3N4O4P.C2H4F2.CF4/c1-2-28(13-12-25-20(29)15-21(23,24)10-11-22)18-8-6-16(7-9-18)26-27-17-4-3-5-19(14-17)33(30,31)32;3-1-2-4;2-1(3,4)5/h3-9,14H,2,10-13,15H2,1H3,(H,25,29)(H2,30,31,32);1-2H2;. The van der Waals surface area contributed by atoms with Gasteiger partial charge in [0.25, 0.3) is 5.92 Å². The number of halogens is 9. The Morgan fingerprint density at radius 1 is 0.905 bits per heavy atom. The van der Waals surface area contributed by atoms with Crippen LogP contribution in [0.1, 0.15) is 19.8 Å². The summed E-state index contributed by atoms with van der Waals surface area (Å²) in [5.74, 6) is -4.19. The first kappa shape index (κ1) is 38.8. The third-order valence-corrected chi connectivity index (χ3v) is 5.65. The lowest BCUT2D eigenvalue weighted by Gasteiger charge is -2.23. The molecule has 2 aromatic rings. The number of hydrogen-bond donors (Lipinski definition) is 3. The summed E-state index contributed by atoms with van der Waals surface area (Å²) in [4.78, 5) is 32.0. The van der Waals surface area contributed by atoms with Crippen LogP contribution in [0.3, 0.4) is 0 Å². The fourth-order valence-corrected chi connectivity index (χ4v) is 3.49. The molecular weight excluding hydrogens is 610 g/mol. The van der Waals surface area contributed by atoms with Crippen LogP contribution in [0, 0.1) is 0 Å². The summed E-state index contributed by atoms with van der Waals surface area (Å²) < 4.78 is 109. The van der Waals surface area contributed by atoms with Gasteiger partial charge in [-0.25, -0.2) is 17.6 Å². The predicted molar refractivity (Wildman–Crippen MR) is 139 cm³/mol. The van der Waals surface area contributed by atoms with Crippen LogP contribution in [0.4, 0.5) is 56.6 Å². The second-order valence-corrected chi connectivity index (χ2v) is 9.59. The highest BCUT2D eigenvalue weighted by Crippen LogP contribution is 2.34. The van der Waals surface area contributed by atoms with Gasteiger partial charge in [-0.05, 0) is 49.4 Å². The van der Waals surface area contributed by atoms with Gasteiger partial charge in [0.2, 0.25) is 5.91 Å². The van der Waals surface area contributed by atoms with Crippen molar-refractivity contribution < 1.29 is 58.7 Å². The lowest BCUT2D eigenvalue weighted by Crippen LogP contribution is -2.37. The Morgan fingerprint density at radius 2 is 1.45 bits per heavy atom. The second-order valence-electron chi connectivity index (χ2n) is 7.99. The minimum absolute atomic E-state index is 0.147. The molecule has 0 saturated carbocycles. The van der Waals surface area contributed by atoms with E-state index >= 15 is 0 Å². The monoisotopic (exact) mass is 640 g/mol. The van der Waals surface area contributed by atoms with Crippen molar-refractivity contribution in [2.45, 2.75) is 32.1 Å². The molecule has 0 aliphatic heterocycles. The van der Waals surface area contributed by atoms with Gasteiger partial charge < -0.3 is 20.0 Å². The summed E-state index contributed by atoms with van der Waals surface area (Å²) in [6.07, 6.45) is -7.51. The largest absolute Gasteiger partial charge is 0.559 e. The molecule has 1 amide bonds. The van der Waals surface area contributed by atoms with E-state index in [2.05, 4.69) is 15.5 Å². The number of carbonyl (C=O) groups is 1. The van der Waals surface area contributed by atoms with Gasteiger partial charge in [-0.1, -0.05) is 6.07 Å². The average molecular weight is 640 g/mol. The van der Waals surface area contributed by atoms with Crippen LogP contribution in [0.2, 0.25) is 0 Å². The first-order chi connectivity index (χ1) is 19.5. The third-order valence-electron chi connectivity index (χ3n) is 4.70. The normalized spacial score (nSPS) is 11.7. The van der Waals surface area contributed by atoms with Crippen molar-refractivity contribution in [1.82, 2.24) is 5.32 Å². The van der Waals surface area contributed by atoms with Crippen LogP contribution in [-0.2, 0) is 9.36 Å². The Kier molecular flexibility index (Phi) is 17.7. The molecule has 0 spiro atoms. The Morgan fingerprint density at radius 3 is 1.93 bits per heavy atom. The van der Waals surface area contributed by atoms with Gasteiger partial charge in [0.1, 0.15) is 13.3 Å². The van der Waals surface area contributed by atoms with E-state index in [0.29, 0.717) is 24.5 Å². The molecule has 0 aliphatic rings. The topological polar surface area (TPSA) is 115 Å². The summed E-state index contributed by atoms with van der Waals surface area (Å²) in [6.45, 7) is 0.157. The third kappa shape index (κ3) is 19.0. The number of rotatable bonds is 13. The van der Waals surface area contributed by atoms with Crippen LogP contribution in [0.25, 0.3) is 0 Å². The molecule has 3 N–H and O–H groups in total. The molecule has 2 rings (SSSR count). The lowest BCUT2D eigenvalue weighted by molar-refractivity contribution is -0.237. The maximum atomic E-state index is 13.3. The van der Waals surface area contributed by atoms with Crippen LogP contribution >= 0.6 is 7.60 Å². The molecule has 0 unspecified atom stereocenters. The van der Waals surface area contributed by atoms with Crippen molar-refractivity contribution >= 4 is 35.9 Å². The molecule has 8 nitrogen and oxygen atoms in total. The summed E-state index contributed by atoms with van der Waals surface area (Å²) in [7, 11) is -4.38. The fraction of sp³-hybridized carbons (Fsp3) is 0.458. The first-order valence-electron chi connectivity index (χ1n) is 12.0. The average Bonchev–Trinajstić information content (AvgIpc) is 2.89. The molecule has 0 fully saturated rings. The van der Waals surface area contributed by atoms with Crippen LogP contribution in [0.5, 0.6) is 0 Å². The van der Waals surface area contributed by atoms with E-state index in [4.69, 9.17) is 0 Å². The van der Waals surface area contributed by atoms with E-state index in [0.717, 1.165) is 5.69 Å². The lowest BCUT2D eigenvalue weighted by atomic mass is 10.2. The molecule has 0 saturated heterocycles. The minimum Gasteiger partial charge on any atom is -0.370 e. The molecule has 0 radical (unpaired) electrons. The summed E-state index contributed by atoms with van der Waals surface area (Å²) in [5.41, 5.74) is 1.62. The van der Waals surface area contributed by atoms with Gasteiger partial charge >= 0.3 is 14.0 Å². The predicted octanol–water partition coefficient (Wildman–Crippen LogP) is 6.63. The number of hydrogen-bond acceptors (Lipinski definition) is 5. The SMILES string of the molecule is CCN(CCNC(=O)CC(F)(F)CCF)c1ccc(N=Nc2cccc(P(=O)(O)O)c2)cc1.FC(F)(F)F.FCCF. The Labute approximate surface area is 235 Å². The molecule has 0 bridgehead atoms. The number of amides is 1. The number of carbonyl (C=O) groups excluding carboxylic acids is 1.